The lowest BCUT2D eigenvalue weighted by atomic mass is 10.1. The fraction of sp³-hybridized carbons (Fsp3) is 0.455. The highest BCUT2D eigenvalue weighted by molar-refractivity contribution is 5.22. The number of aryl methyl sites for hydroxylation is 1. The van der Waals surface area contributed by atoms with E-state index in [4.69, 9.17) is 9.84 Å². The van der Waals surface area contributed by atoms with E-state index < -0.39 is 0 Å². The highest BCUT2D eigenvalue weighted by atomic mass is 16.5. The van der Waals surface area contributed by atoms with Crippen LogP contribution in [0.25, 0.3) is 0 Å². The number of methoxy groups -OCH3 is 1. The lowest BCUT2D eigenvalue weighted by Crippen LogP contribution is -1.91. The molecule has 72 valence electrons. The maximum atomic E-state index is 8.65. The first-order valence-electron chi connectivity index (χ1n) is 4.54. The minimum absolute atomic E-state index is 0.264. The van der Waals surface area contributed by atoms with Crippen molar-refractivity contribution in [3.8, 4) is 0 Å². The van der Waals surface area contributed by atoms with Crippen molar-refractivity contribution >= 4 is 0 Å². The molecule has 0 atom stereocenters. The van der Waals surface area contributed by atoms with Crippen molar-refractivity contribution in [2.24, 2.45) is 0 Å². The van der Waals surface area contributed by atoms with E-state index in [0.29, 0.717) is 6.61 Å². The third-order valence-electron chi connectivity index (χ3n) is 1.96. The molecule has 0 saturated carbocycles. The van der Waals surface area contributed by atoms with Gasteiger partial charge < -0.3 is 9.84 Å². The summed E-state index contributed by atoms with van der Waals surface area (Å²) in [4.78, 5) is 0. The molecule has 0 spiro atoms. The molecule has 1 aromatic carbocycles. The first-order valence-corrected chi connectivity index (χ1v) is 4.54. The van der Waals surface area contributed by atoms with E-state index in [-0.39, 0.29) is 6.61 Å². The van der Waals surface area contributed by atoms with Crippen LogP contribution in [-0.2, 0) is 17.8 Å². The van der Waals surface area contributed by atoms with Gasteiger partial charge in [0.1, 0.15) is 0 Å². The van der Waals surface area contributed by atoms with Gasteiger partial charge in [-0.2, -0.15) is 0 Å². The van der Waals surface area contributed by atoms with Gasteiger partial charge in [0, 0.05) is 13.7 Å². The molecule has 0 heterocycles. The summed E-state index contributed by atoms with van der Waals surface area (Å²) >= 11 is 0. The van der Waals surface area contributed by atoms with Crippen molar-refractivity contribution in [1.82, 2.24) is 0 Å². The van der Waals surface area contributed by atoms with Crippen LogP contribution in [0.2, 0.25) is 0 Å². The van der Waals surface area contributed by atoms with E-state index in [1.165, 1.54) is 11.1 Å². The fourth-order valence-corrected chi connectivity index (χ4v) is 1.25. The normalized spacial score (nSPS) is 10.3. The topological polar surface area (TPSA) is 29.5 Å². The summed E-state index contributed by atoms with van der Waals surface area (Å²) in [6.07, 6.45) is 1.79. The Bertz CT molecular complexity index is 228. The van der Waals surface area contributed by atoms with Crippen LogP contribution in [0.15, 0.2) is 24.3 Å². The molecular formula is C11H16O2. The van der Waals surface area contributed by atoms with Gasteiger partial charge in [0.05, 0.1) is 6.61 Å². The minimum atomic E-state index is 0.264. The van der Waals surface area contributed by atoms with Crippen LogP contribution in [0, 0.1) is 0 Å². The maximum Gasteiger partial charge on any atom is 0.0713 e. The summed E-state index contributed by atoms with van der Waals surface area (Å²) in [7, 11) is 1.69. The summed E-state index contributed by atoms with van der Waals surface area (Å²) in [5, 5.41) is 8.65. The lowest BCUT2D eigenvalue weighted by molar-refractivity contribution is 0.185. The van der Waals surface area contributed by atoms with Crippen LogP contribution in [0.5, 0.6) is 0 Å². The molecule has 0 bridgehead atoms. The van der Waals surface area contributed by atoms with Crippen LogP contribution in [0.1, 0.15) is 17.5 Å². The lowest BCUT2D eigenvalue weighted by Gasteiger charge is -2.02. The van der Waals surface area contributed by atoms with E-state index in [1.807, 2.05) is 0 Å². The number of ether oxygens (including phenoxy) is 1. The zero-order chi connectivity index (χ0) is 9.52. The second kappa shape index (κ2) is 5.73. The summed E-state index contributed by atoms with van der Waals surface area (Å²) in [5.41, 5.74) is 2.46. The van der Waals surface area contributed by atoms with Crippen LogP contribution in [0.3, 0.4) is 0 Å². The highest BCUT2D eigenvalue weighted by Crippen LogP contribution is 2.07. The molecule has 0 fully saturated rings. The van der Waals surface area contributed by atoms with Crippen LogP contribution >= 0.6 is 0 Å². The number of aliphatic hydroxyl groups is 1. The molecule has 0 aliphatic rings. The number of hydrogen-bond acceptors (Lipinski definition) is 2. The Balaban J connectivity index is 2.48. The Morgan fingerprint density at radius 2 is 1.77 bits per heavy atom. The summed E-state index contributed by atoms with van der Waals surface area (Å²) in [6, 6.07) is 8.31. The van der Waals surface area contributed by atoms with E-state index in [1.54, 1.807) is 7.11 Å². The van der Waals surface area contributed by atoms with Crippen molar-refractivity contribution in [1.29, 1.82) is 0 Å². The second-order valence-corrected chi connectivity index (χ2v) is 3.08. The first-order chi connectivity index (χ1) is 6.36. The first kappa shape index (κ1) is 10.2. The van der Waals surface area contributed by atoms with Crippen molar-refractivity contribution in [2.45, 2.75) is 19.4 Å². The standard InChI is InChI=1S/C11H16O2/c1-13-9-11-6-4-10(5-7-11)3-2-8-12/h4-7,12H,2-3,8-9H2,1H3. The molecule has 0 amide bonds. The summed E-state index contributed by atoms with van der Waals surface area (Å²) in [5.74, 6) is 0. The van der Waals surface area contributed by atoms with Gasteiger partial charge in [-0.05, 0) is 24.0 Å². The number of aliphatic hydroxyl groups excluding tert-OH is 1. The van der Waals surface area contributed by atoms with E-state index in [0.717, 1.165) is 12.8 Å². The number of benzene rings is 1. The summed E-state index contributed by atoms with van der Waals surface area (Å²) < 4.78 is 5.01. The average Bonchev–Trinajstić information content (AvgIpc) is 2.17. The highest BCUT2D eigenvalue weighted by Gasteiger charge is 1.93. The SMILES string of the molecule is COCc1ccc(CCCO)cc1. The maximum absolute atomic E-state index is 8.65. The van der Waals surface area contributed by atoms with Gasteiger partial charge in [0.25, 0.3) is 0 Å². The molecule has 2 nitrogen and oxygen atoms in total. The monoisotopic (exact) mass is 180 g/mol. The van der Waals surface area contributed by atoms with Gasteiger partial charge in [-0.25, -0.2) is 0 Å². The quantitative estimate of drug-likeness (QED) is 0.748. The Morgan fingerprint density at radius 1 is 1.15 bits per heavy atom. The van der Waals surface area contributed by atoms with E-state index in [2.05, 4.69) is 24.3 Å². The van der Waals surface area contributed by atoms with Crippen LogP contribution in [0.4, 0.5) is 0 Å². The molecule has 0 aromatic heterocycles. The molecule has 0 unspecified atom stereocenters. The van der Waals surface area contributed by atoms with Gasteiger partial charge in [0.15, 0.2) is 0 Å². The number of hydrogen-bond donors (Lipinski definition) is 1. The molecule has 13 heavy (non-hydrogen) atoms. The molecule has 1 aromatic rings. The second-order valence-electron chi connectivity index (χ2n) is 3.08. The fourth-order valence-electron chi connectivity index (χ4n) is 1.25. The van der Waals surface area contributed by atoms with Crippen molar-refractivity contribution < 1.29 is 9.84 Å². The van der Waals surface area contributed by atoms with Crippen molar-refractivity contribution in [3.63, 3.8) is 0 Å². The summed E-state index contributed by atoms with van der Waals surface area (Å²) in [6.45, 7) is 0.931. The zero-order valence-electron chi connectivity index (χ0n) is 7.99. The molecular weight excluding hydrogens is 164 g/mol. The van der Waals surface area contributed by atoms with Crippen LogP contribution < -0.4 is 0 Å². The third kappa shape index (κ3) is 3.57. The van der Waals surface area contributed by atoms with Gasteiger partial charge in [-0.3, -0.25) is 0 Å². The van der Waals surface area contributed by atoms with E-state index in [9.17, 15) is 0 Å². The Hall–Kier alpha value is -0.860. The third-order valence-corrected chi connectivity index (χ3v) is 1.96. The molecule has 0 aliphatic carbocycles. The van der Waals surface area contributed by atoms with Gasteiger partial charge >= 0.3 is 0 Å². The number of rotatable bonds is 5. The Kier molecular flexibility index (Phi) is 4.50. The van der Waals surface area contributed by atoms with E-state index >= 15 is 0 Å². The Labute approximate surface area is 79.2 Å². The minimum Gasteiger partial charge on any atom is -0.396 e. The van der Waals surface area contributed by atoms with Crippen molar-refractivity contribution in [2.75, 3.05) is 13.7 Å². The average molecular weight is 180 g/mol. The molecule has 2 heteroatoms. The Morgan fingerprint density at radius 3 is 2.31 bits per heavy atom. The molecule has 0 radical (unpaired) electrons. The smallest absolute Gasteiger partial charge is 0.0713 e. The van der Waals surface area contributed by atoms with Gasteiger partial charge in [0.2, 0.25) is 0 Å². The predicted molar refractivity (Wildman–Crippen MR) is 52.6 cm³/mol. The van der Waals surface area contributed by atoms with Gasteiger partial charge in [-0.1, -0.05) is 24.3 Å². The molecule has 1 N–H and O–H groups in total. The largest absolute Gasteiger partial charge is 0.396 e. The molecule has 0 aliphatic heterocycles. The van der Waals surface area contributed by atoms with Crippen molar-refractivity contribution in [3.05, 3.63) is 35.4 Å². The van der Waals surface area contributed by atoms with Gasteiger partial charge in [-0.15, -0.1) is 0 Å². The predicted octanol–water partition coefficient (Wildman–Crippen LogP) is 1.76. The molecule has 0 saturated heterocycles. The zero-order valence-corrected chi connectivity index (χ0v) is 7.99. The molecule has 1 rings (SSSR count). The van der Waals surface area contributed by atoms with Crippen LogP contribution in [-0.4, -0.2) is 18.8 Å².